The fraction of sp³-hybridized carbons (Fsp3) is 0.656. The fourth-order valence-corrected chi connectivity index (χ4v) is 8.67. The van der Waals surface area contributed by atoms with Crippen molar-refractivity contribution in [2.75, 3.05) is 31.1 Å². The minimum atomic E-state index is -4.53. The Morgan fingerprint density at radius 1 is 1.14 bits per heavy atom. The summed E-state index contributed by atoms with van der Waals surface area (Å²) >= 11 is 1.42. The van der Waals surface area contributed by atoms with E-state index in [4.69, 9.17) is 4.74 Å². The molecule has 8 rings (SSSR count). The SMILES string of the molecule is CCc1cc2c(N3CC4(CN(C(=O)[C@@H]5[C@@H]6CC[C@@H](/C(=C\C7CC7)[C@H]6O)N5C(=O)OC(C)(C)C)C4)C3)c(C(F)(F)F)cnc2s1. The molecule has 6 aliphatic rings. The molecular formula is C32H39F3N4O4S. The minimum Gasteiger partial charge on any atom is -0.444 e. The molecule has 6 heterocycles. The lowest BCUT2D eigenvalue weighted by molar-refractivity contribution is -0.161. The standard InChI is InChI=1S/C32H39F3N4O4S/c1-5-18-11-21-24(22(32(33,34)35)12-36-27(21)44-18)37-13-31(14-37)15-38(16-31)28(41)25-19-8-9-23(20(26(19)40)10-17-6-7-17)39(25)29(42)43-30(2,3)4/h10-12,17,19,23,25-26,40H,5-9,13-16H2,1-4H3/b20-10+/t19-,23-,25-,26-/m0/s1. The monoisotopic (exact) mass is 632 g/mol. The molecule has 4 saturated heterocycles. The van der Waals surface area contributed by atoms with Crippen molar-refractivity contribution in [1.29, 1.82) is 0 Å². The van der Waals surface area contributed by atoms with Crippen molar-refractivity contribution >= 4 is 39.2 Å². The second-order valence-electron chi connectivity index (χ2n) is 14.4. The molecule has 44 heavy (non-hydrogen) atoms. The van der Waals surface area contributed by atoms with Crippen molar-refractivity contribution in [2.24, 2.45) is 17.3 Å². The van der Waals surface area contributed by atoms with Crippen LogP contribution in [-0.2, 0) is 22.1 Å². The van der Waals surface area contributed by atoms with Crippen molar-refractivity contribution in [3.63, 3.8) is 0 Å². The first-order valence-electron chi connectivity index (χ1n) is 15.6. The number of alkyl halides is 3. The Bertz CT molecular complexity index is 1530. The zero-order valence-corrected chi connectivity index (χ0v) is 26.3. The number of allylic oxidation sites excluding steroid dienone is 1. The number of carbonyl (C=O) groups is 2. The van der Waals surface area contributed by atoms with E-state index >= 15 is 0 Å². The number of pyridine rings is 1. The molecule has 8 nitrogen and oxygen atoms in total. The molecule has 1 spiro atoms. The largest absolute Gasteiger partial charge is 0.444 e. The van der Waals surface area contributed by atoms with E-state index in [1.807, 2.05) is 13.0 Å². The topological polar surface area (TPSA) is 86.2 Å². The first kappa shape index (κ1) is 29.8. The Hall–Kier alpha value is -2.86. The average molecular weight is 633 g/mol. The summed E-state index contributed by atoms with van der Waals surface area (Å²) in [5.41, 5.74) is -0.782. The van der Waals surface area contributed by atoms with Crippen LogP contribution in [0.2, 0.25) is 0 Å². The predicted octanol–water partition coefficient (Wildman–Crippen LogP) is 5.62. The number of aliphatic hydroxyl groups is 1. The van der Waals surface area contributed by atoms with Gasteiger partial charge in [-0.05, 0) is 70.4 Å². The zero-order valence-electron chi connectivity index (χ0n) is 25.5. The molecule has 12 heteroatoms. The number of aryl methyl sites for hydroxylation is 1. The van der Waals surface area contributed by atoms with Gasteiger partial charge in [0.25, 0.3) is 0 Å². The number of hydrogen-bond acceptors (Lipinski definition) is 7. The molecule has 6 fully saturated rings. The normalized spacial score (nSPS) is 28.9. The molecule has 2 aromatic rings. The molecule has 0 unspecified atom stereocenters. The number of hydrogen-bond donors (Lipinski definition) is 1. The summed E-state index contributed by atoms with van der Waals surface area (Å²) in [5, 5.41) is 11.9. The second-order valence-corrected chi connectivity index (χ2v) is 15.5. The van der Waals surface area contributed by atoms with Crippen LogP contribution in [0.3, 0.4) is 0 Å². The van der Waals surface area contributed by atoms with Gasteiger partial charge < -0.3 is 19.6 Å². The minimum absolute atomic E-state index is 0.174. The second kappa shape index (κ2) is 10.1. The lowest BCUT2D eigenvalue weighted by Gasteiger charge is -2.62. The molecule has 1 N–H and O–H groups in total. The zero-order chi connectivity index (χ0) is 31.3. The summed E-state index contributed by atoms with van der Waals surface area (Å²) in [6.45, 7) is 8.96. The first-order valence-corrected chi connectivity index (χ1v) is 16.4. The van der Waals surface area contributed by atoms with E-state index < -0.39 is 41.5 Å². The van der Waals surface area contributed by atoms with Gasteiger partial charge in [0.15, 0.2) is 0 Å². The number of fused-ring (bicyclic) bond motifs is 4. The molecule has 4 aliphatic heterocycles. The molecule has 4 atom stereocenters. The van der Waals surface area contributed by atoms with Crippen molar-refractivity contribution in [3.05, 3.63) is 34.4 Å². The highest BCUT2D eigenvalue weighted by Crippen LogP contribution is 2.51. The molecular weight excluding hydrogens is 593 g/mol. The third kappa shape index (κ3) is 4.96. The van der Waals surface area contributed by atoms with E-state index in [-0.39, 0.29) is 23.1 Å². The Morgan fingerprint density at radius 2 is 1.84 bits per heavy atom. The Morgan fingerprint density at radius 3 is 2.45 bits per heavy atom. The fourth-order valence-electron chi connectivity index (χ4n) is 7.73. The quantitative estimate of drug-likeness (QED) is 0.441. The third-order valence-corrected chi connectivity index (χ3v) is 11.0. The maximum atomic E-state index is 14.1. The van der Waals surface area contributed by atoms with Crippen LogP contribution in [0, 0.1) is 17.3 Å². The van der Waals surface area contributed by atoms with Gasteiger partial charge in [0.05, 0.1) is 23.4 Å². The van der Waals surface area contributed by atoms with E-state index in [9.17, 15) is 27.9 Å². The van der Waals surface area contributed by atoms with E-state index in [1.165, 1.54) is 11.3 Å². The van der Waals surface area contributed by atoms with Crippen LogP contribution in [0.5, 0.6) is 0 Å². The van der Waals surface area contributed by atoms with E-state index in [0.29, 0.717) is 55.2 Å². The number of carbonyl (C=O) groups excluding carboxylic acids is 2. The van der Waals surface area contributed by atoms with Gasteiger partial charge in [0, 0.05) is 54.0 Å². The van der Waals surface area contributed by atoms with Crippen LogP contribution in [0.15, 0.2) is 23.9 Å². The van der Waals surface area contributed by atoms with E-state index in [0.717, 1.165) is 35.9 Å². The Kier molecular flexibility index (Phi) is 6.83. The summed E-state index contributed by atoms with van der Waals surface area (Å²) in [6, 6.07) is 0.598. The molecule has 0 radical (unpaired) electrons. The van der Waals surface area contributed by atoms with Gasteiger partial charge in [0.1, 0.15) is 16.5 Å². The molecule has 2 bridgehead atoms. The molecule has 2 amide bonds. The summed E-state index contributed by atoms with van der Waals surface area (Å²) in [5.74, 6) is -0.232. The van der Waals surface area contributed by atoms with Crippen molar-refractivity contribution < 1.29 is 32.6 Å². The van der Waals surface area contributed by atoms with Crippen molar-refractivity contribution in [3.8, 4) is 0 Å². The van der Waals surface area contributed by atoms with Crippen LogP contribution < -0.4 is 4.90 Å². The first-order chi connectivity index (χ1) is 20.7. The highest BCUT2D eigenvalue weighted by Gasteiger charge is 2.60. The summed E-state index contributed by atoms with van der Waals surface area (Å²) in [6.07, 6.45) is 1.33. The number of nitrogens with zero attached hydrogens (tertiary/aromatic N) is 4. The van der Waals surface area contributed by atoms with Crippen LogP contribution in [-0.4, -0.2) is 81.9 Å². The molecule has 2 saturated carbocycles. The van der Waals surface area contributed by atoms with Gasteiger partial charge in [-0.3, -0.25) is 9.69 Å². The van der Waals surface area contributed by atoms with Crippen molar-refractivity contribution in [1.82, 2.24) is 14.8 Å². The lowest BCUT2D eigenvalue weighted by atomic mass is 9.67. The third-order valence-electron chi connectivity index (χ3n) is 9.83. The lowest BCUT2D eigenvalue weighted by Crippen LogP contribution is -2.76. The highest BCUT2D eigenvalue weighted by molar-refractivity contribution is 7.18. The highest BCUT2D eigenvalue weighted by atomic mass is 32.1. The number of halogens is 3. The van der Waals surface area contributed by atoms with Crippen LogP contribution in [0.1, 0.15) is 63.8 Å². The molecule has 2 aromatic heterocycles. The summed E-state index contributed by atoms with van der Waals surface area (Å²) < 4.78 is 48.0. The van der Waals surface area contributed by atoms with Crippen LogP contribution in [0.25, 0.3) is 10.2 Å². The number of thiophene rings is 1. The summed E-state index contributed by atoms with van der Waals surface area (Å²) in [7, 11) is 0. The van der Waals surface area contributed by atoms with E-state index in [2.05, 4.69) is 11.1 Å². The molecule has 0 aromatic carbocycles. The van der Waals surface area contributed by atoms with Gasteiger partial charge in [0.2, 0.25) is 5.91 Å². The maximum absolute atomic E-state index is 14.1. The number of aliphatic hydroxyl groups excluding tert-OH is 1. The van der Waals surface area contributed by atoms with Gasteiger partial charge in [-0.2, -0.15) is 13.2 Å². The number of amides is 2. The number of aromatic nitrogens is 1. The summed E-state index contributed by atoms with van der Waals surface area (Å²) in [4.78, 5) is 38.4. The van der Waals surface area contributed by atoms with Gasteiger partial charge in [-0.15, -0.1) is 11.3 Å². The van der Waals surface area contributed by atoms with E-state index in [1.54, 1.807) is 35.5 Å². The van der Waals surface area contributed by atoms with Gasteiger partial charge in [-0.1, -0.05) is 13.0 Å². The number of ether oxygens (including phenoxy) is 1. The predicted molar refractivity (Wildman–Crippen MR) is 160 cm³/mol. The number of piperidine rings is 2. The smallest absolute Gasteiger partial charge is 0.419 e. The van der Waals surface area contributed by atoms with Gasteiger partial charge >= 0.3 is 12.3 Å². The maximum Gasteiger partial charge on any atom is 0.419 e. The Labute approximate surface area is 258 Å². The van der Waals surface area contributed by atoms with Gasteiger partial charge in [-0.25, -0.2) is 9.78 Å². The number of rotatable bonds is 4. The van der Waals surface area contributed by atoms with Crippen molar-refractivity contribution in [2.45, 2.75) is 89.8 Å². The average Bonchev–Trinajstić information content (AvgIpc) is 3.61. The Balaban J connectivity index is 1.10. The van der Waals surface area contributed by atoms with Crippen LogP contribution >= 0.6 is 11.3 Å². The number of anilines is 1. The molecule has 238 valence electrons. The number of likely N-dealkylation sites (tertiary alicyclic amines) is 1. The van der Waals surface area contributed by atoms with Crippen LogP contribution in [0.4, 0.5) is 23.7 Å². The molecule has 2 aliphatic carbocycles.